The maximum absolute atomic E-state index is 12.4. The molecule has 0 unspecified atom stereocenters. The van der Waals surface area contributed by atoms with Gasteiger partial charge in [-0.15, -0.1) is 0 Å². The first-order valence-electron chi connectivity index (χ1n) is 7.17. The summed E-state index contributed by atoms with van der Waals surface area (Å²) in [6, 6.07) is 4.70. The van der Waals surface area contributed by atoms with Gasteiger partial charge in [-0.05, 0) is 49.1 Å². The molecule has 1 fully saturated rings. The number of rotatable bonds is 3. The molecule has 1 saturated heterocycles. The normalized spacial score (nSPS) is 18.5. The molecule has 0 bridgehead atoms. The van der Waals surface area contributed by atoms with Crippen molar-refractivity contribution in [2.75, 3.05) is 13.6 Å². The van der Waals surface area contributed by atoms with Crippen molar-refractivity contribution in [2.45, 2.75) is 25.3 Å². The van der Waals surface area contributed by atoms with Crippen LogP contribution in [0.1, 0.15) is 24.8 Å². The second-order valence-corrected chi connectivity index (χ2v) is 6.07. The number of benzene rings is 1. The Morgan fingerprint density at radius 1 is 1.23 bits per heavy atom. The highest BCUT2D eigenvalue weighted by Gasteiger charge is 2.30. The number of hydrogen-bond acceptors (Lipinski definition) is 2. The molecule has 22 heavy (non-hydrogen) atoms. The van der Waals surface area contributed by atoms with Gasteiger partial charge in [-0.1, -0.05) is 23.2 Å². The molecule has 1 heterocycles. The quantitative estimate of drug-likeness (QED) is 0.859. The van der Waals surface area contributed by atoms with Crippen molar-refractivity contribution in [2.24, 2.45) is 0 Å². The first kappa shape index (κ1) is 16.8. The lowest BCUT2D eigenvalue weighted by Crippen LogP contribution is -2.50. The van der Waals surface area contributed by atoms with Crippen LogP contribution in [0.2, 0.25) is 10.0 Å². The van der Waals surface area contributed by atoms with Crippen LogP contribution in [0.15, 0.2) is 24.3 Å². The molecule has 2 amide bonds. The molecule has 1 aliphatic rings. The zero-order valence-electron chi connectivity index (χ0n) is 12.3. The lowest BCUT2D eigenvalue weighted by Gasteiger charge is -2.33. The summed E-state index contributed by atoms with van der Waals surface area (Å²) in [6.45, 7) is 0.595. The van der Waals surface area contributed by atoms with Crippen molar-refractivity contribution in [3.63, 3.8) is 0 Å². The number of halogens is 2. The Kier molecular flexibility index (Phi) is 5.86. The highest BCUT2D eigenvalue weighted by Crippen LogP contribution is 2.21. The Hall–Kier alpha value is -1.52. The second kappa shape index (κ2) is 7.65. The van der Waals surface area contributed by atoms with Crippen LogP contribution in [-0.2, 0) is 9.59 Å². The van der Waals surface area contributed by atoms with E-state index in [1.807, 2.05) is 0 Å². The molecule has 0 saturated carbocycles. The Morgan fingerprint density at radius 2 is 1.91 bits per heavy atom. The van der Waals surface area contributed by atoms with Crippen LogP contribution in [0, 0.1) is 0 Å². The van der Waals surface area contributed by atoms with E-state index >= 15 is 0 Å². The van der Waals surface area contributed by atoms with Crippen molar-refractivity contribution in [3.05, 3.63) is 39.9 Å². The summed E-state index contributed by atoms with van der Waals surface area (Å²) >= 11 is 11.9. The van der Waals surface area contributed by atoms with E-state index in [1.54, 1.807) is 36.2 Å². The molecule has 4 nitrogen and oxygen atoms in total. The summed E-state index contributed by atoms with van der Waals surface area (Å²) in [5.74, 6) is -0.295. The van der Waals surface area contributed by atoms with Crippen LogP contribution in [0.5, 0.6) is 0 Å². The summed E-state index contributed by atoms with van der Waals surface area (Å²) in [7, 11) is 1.59. The number of carbonyl (C=O) groups excluding carboxylic acids is 2. The fourth-order valence-electron chi connectivity index (χ4n) is 2.57. The minimum Gasteiger partial charge on any atom is -0.357 e. The fraction of sp³-hybridized carbons (Fsp3) is 0.375. The van der Waals surface area contributed by atoms with Crippen LogP contribution < -0.4 is 5.32 Å². The maximum Gasteiger partial charge on any atom is 0.247 e. The largest absolute Gasteiger partial charge is 0.357 e. The minimum absolute atomic E-state index is 0.118. The topological polar surface area (TPSA) is 49.4 Å². The van der Waals surface area contributed by atoms with Gasteiger partial charge in [0, 0.05) is 29.7 Å². The van der Waals surface area contributed by atoms with Gasteiger partial charge in [0.2, 0.25) is 11.8 Å². The highest BCUT2D eigenvalue weighted by molar-refractivity contribution is 6.34. The Morgan fingerprint density at radius 3 is 2.55 bits per heavy atom. The van der Waals surface area contributed by atoms with Gasteiger partial charge in [-0.2, -0.15) is 0 Å². The van der Waals surface area contributed by atoms with Gasteiger partial charge < -0.3 is 10.2 Å². The number of likely N-dealkylation sites (N-methyl/N-ethyl adjacent to an activating group) is 1. The molecule has 118 valence electrons. The number of piperidine rings is 1. The lowest BCUT2D eigenvalue weighted by molar-refractivity contribution is -0.138. The van der Waals surface area contributed by atoms with Crippen LogP contribution in [-0.4, -0.2) is 36.3 Å². The standard InChI is InChI=1S/C16H18Cl2N2O2/c1-19-16(22)14-4-2-3-7-20(14)15(21)6-5-11-8-12(17)10-13(18)9-11/h5-6,8-10,14H,2-4,7H2,1H3,(H,19,22)/b6-5+/t14-/m0/s1. The van der Waals surface area contributed by atoms with E-state index in [2.05, 4.69) is 5.32 Å². The molecule has 1 N–H and O–H groups in total. The number of likely N-dealkylation sites (tertiary alicyclic amines) is 1. The van der Waals surface area contributed by atoms with E-state index in [9.17, 15) is 9.59 Å². The van der Waals surface area contributed by atoms with Gasteiger partial charge in [-0.25, -0.2) is 0 Å². The zero-order chi connectivity index (χ0) is 16.1. The first-order valence-corrected chi connectivity index (χ1v) is 7.93. The summed E-state index contributed by atoms with van der Waals surface area (Å²) in [4.78, 5) is 25.9. The van der Waals surface area contributed by atoms with E-state index in [-0.39, 0.29) is 17.9 Å². The molecule has 0 aromatic heterocycles. The van der Waals surface area contributed by atoms with Crippen molar-refractivity contribution < 1.29 is 9.59 Å². The van der Waals surface area contributed by atoms with Gasteiger partial charge in [0.1, 0.15) is 6.04 Å². The first-order chi connectivity index (χ1) is 10.5. The van der Waals surface area contributed by atoms with Gasteiger partial charge in [0.05, 0.1) is 0 Å². The summed E-state index contributed by atoms with van der Waals surface area (Å²) in [6.07, 6.45) is 5.69. The van der Waals surface area contributed by atoms with Gasteiger partial charge in [0.25, 0.3) is 0 Å². The smallest absolute Gasteiger partial charge is 0.247 e. The van der Waals surface area contributed by atoms with E-state index < -0.39 is 0 Å². The Balaban J connectivity index is 2.12. The predicted octanol–water partition coefficient (Wildman–Crippen LogP) is 3.13. The molecule has 1 aromatic rings. The molecular formula is C16H18Cl2N2O2. The molecular weight excluding hydrogens is 323 g/mol. The Labute approximate surface area is 140 Å². The van der Waals surface area contributed by atoms with Crippen molar-refractivity contribution >= 4 is 41.1 Å². The third-order valence-corrected chi connectivity index (χ3v) is 4.07. The number of nitrogens with zero attached hydrogens (tertiary/aromatic N) is 1. The highest BCUT2D eigenvalue weighted by atomic mass is 35.5. The molecule has 6 heteroatoms. The average Bonchev–Trinajstić information content (AvgIpc) is 2.51. The molecule has 1 aromatic carbocycles. The third-order valence-electron chi connectivity index (χ3n) is 3.64. The fourth-order valence-corrected chi connectivity index (χ4v) is 3.11. The van der Waals surface area contributed by atoms with E-state index in [1.165, 1.54) is 6.08 Å². The van der Waals surface area contributed by atoms with Crippen molar-refractivity contribution in [3.8, 4) is 0 Å². The molecule has 2 rings (SSSR count). The van der Waals surface area contributed by atoms with Gasteiger partial charge >= 0.3 is 0 Å². The number of carbonyl (C=O) groups is 2. The average molecular weight is 341 g/mol. The molecule has 1 aliphatic heterocycles. The summed E-state index contributed by atoms with van der Waals surface area (Å²) in [5, 5.41) is 3.65. The van der Waals surface area contributed by atoms with Crippen LogP contribution in [0.4, 0.5) is 0 Å². The minimum atomic E-state index is -0.390. The number of nitrogens with one attached hydrogen (secondary N) is 1. The number of amides is 2. The predicted molar refractivity (Wildman–Crippen MR) is 88.9 cm³/mol. The molecule has 0 aliphatic carbocycles. The van der Waals surface area contributed by atoms with Crippen LogP contribution in [0.3, 0.4) is 0 Å². The lowest BCUT2D eigenvalue weighted by atomic mass is 10.0. The van der Waals surface area contributed by atoms with E-state index in [0.717, 1.165) is 18.4 Å². The monoisotopic (exact) mass is 340 g/mol. The van der Waals surface area contributed by atoms with Gasteiger partial charge in [-0.3, -0.25) is 9.59 Å². The van der Waals surface area contributed by atoms with Crippen molar-refractivity contribution in [1.82, 2.24) is 10.2 Å². The third kappa shape index (κ3) is 4.24. The summed E-state index contributed by atoms with van der Waals surface area (Å²) in [5.41, 5.74) is 0.749. The Bertz CT molecular complexity index is 582. The molecule has 0 spiro atoms. The molecule has 0 radical (unpaired) electrons. The number of hydrogen-bond donors (Lipinski definition) is 1. The van der Waals surface area contributed by atoms with Crippen molar-refractivity contribution in [1.29, 1.82) is 0 Å². The van der Waals surface area contributed by atoms with E-state index in [4.69, 9.17) is 23.2 Å². The SMILES string of the molecule is CNC(=O)[C@@H]1CCCCN1C(=O)/C=C/c1cc(Cl)cc(Cl)c1. The maximum atomic E-state index is 12.4. The van der Waals surface area contributed by atoms with Gasteiger partial charge in [0.15, 0.2) is 0 Å². The second-order valence-electron chi connectivity index (χ2n) is 5.19. The van der Waals surface area contributed by atoms with Crippen LogP contribution in [0.25, 0.3) is 6.08 Å². The van der Waals surface area contributed by atoms with E-state index in [0.29, 0.717) is 23.0 Å². The van der Waals surface area contributed by atoms with Crippen LogP contribution >= 0.6 is 23.2 Å². The summed E-state index contributed by atoms with van der Waals surface area (Å²) < 4.78 is 0. The molecule has 1 atom stereocenters. The zero-order valence-corrected chi connectivity index (χ0v) is 13.8.